The molecule has 0 aliphatic carbocycles. The summed E-state index contributed by atoms with van der Waals surface area (Å²) in [5.74, 6) is 0.959. The highest BCUT2D eigenvalue weighted by atomic mass is 16.5. The van der Waals surface area contributed by atoms with Crippen LogP contribution in [0.3, 0.4) is 0 Å². The molecule has 0 amide bonds. The van der Waals surface area contributed by atoms with E-state index in [0.717, 1.165) is 31.8 Å². The van der Waals surface area contributed by atoms with Gasteiger partial charge < -0.3 is 10.1 Å². The van der Waals surface area contributed by atoms with Crippen molar-refractivity contribution >= 4 is 5.69 Å². The molecule has 0 bridgehead atoms. The van der Waals surface area contributed by atoms with Crippen LogP contribution in [-0.4, -0.2) is 25.6 Å². The average molecular weight is 282 g/mol. The van der Waals surface area contributed by atoms with Crippen molar-refractivity contribution in [2.24, 2.45) is 0 Å². The zero-order valence-corrected chi connectivity index (χ0v) is 12.7. The summed E-state index contributed by atoms with van der Waals surface area (Å²) in [6, 6.07) is 14.8. The summed E-state index contributed by atoms with van der Waals surface area (Å²) in [5, 5.41) is 3.51. The van der Waals surface area contributed by atoms with Gasteiger partial charge in [0.1, 0.15) is 5.75 Å². The van der Waals surface area contributed by atoms with E-state index >= 15 is 0 Å². The summed E-state index contributed by atoms with van der Waals surface area (Å²) in [6.45, 7) is 2.88. The molecule has 3 heteroatoms. The third-order valence-electron chi connectivity index (χ3n) is 4.01. The van der Waals surface area contributed by atoms with Crippen molar-refractivity contribution in [2.75, 3.05) is 26.0 Å². The molecule has 2 aromatic rings. The van der Waals surface area contributed by atoms with Crippen LogP contribution >= 0.6 is 0 Å². The lowest BCUT2D eigenvalue weighted by Gasteiger charge is -2.20. The van der Waals surface area contributed by atoms with Crippen molar-refractivity contribution in [2.45, 2.75) is 19.5 Å². The number of hydrogen-bond acceptors (Lipinski definition) is 3. The lowest BCUT2D eigenvalue weighted by molar-refractivity contribution is 0.310. The summed E-state index contributed by atoms with van der Waals surface area (Å²) < 4.78 is 5.43. The molecule has 1 aliphatic heterocycles. The number of ether oxygens (including phenoxy) is 1. The monoisotopic (exact) mass is 282 g/mol. The highest BCUT2D eigenvalue weighted by Crippen LogP contribution is 2.28. The van der Waals surface area contributed by atoms with E-state index in [1.165, 1.54) is 22.4 Å². The van der Waals surface area contributed by atoms with Crippen LogP contribution in [0.4, 0.5) is 5.69 Å². The normalized spacial score (nSPS) is 13.1. The molecule has 0 unspecified atom stereocenters. The van der Waals surface area contributed by atoms with Crippen molar-refractivity contribution in [3.63, 3.8) is 0 Å². The second-order valence-electron chi connectivity index (χ2n) is 5.61. The number of nitrogens with one attached hydrogen (secondary N) is 1. The SMILES string of the molecule is COc1ccccc1CN(C)Cc1cccc2c1NCC2. The highest BCUT2D eigenvalue weighted by Gasteiger charge is 2.15. The molecule has 0 atom stereocenters. The Balaban J connectivity index is 1.72. The average Bonchev–Trinajstić information content (AvgIpc) is 2.97. The van der Waals surface area contributed by atoms with Crippen LogP contribution in [0.2, 0.25) is 0 Å². The fraction of sp³-hybridized carbons (Fsp3) is 0.333. The molecular weight excluding hydrogens is 260 g/mol. The number of nitrogens with zero attached hydrogens (tertiary/aromatic N) is 1. The second kappa shape index (κ2) is 6.19. The van der Waals surface area contributed by atoms with Crippen molar-refractivity contribution in [3.05, 3.63) is 59.2 Å². The van der Waals surface area contributed by atoms with Gasteiger partial charge in [-0.05, 0) is 30.7 Å². The molecular formula is C18H22N2O. The summed E-state index contributed by atoms with van der Waals surface area (Å²) in [7, 11) is 3.88. The van der Waals surface area contributed by atoms with Crippen molar-refractivity contribution in [1.29, 1.82) is 0 Å². The summed E-state index contributed by atoms with van der Waals surface area (Å²) >= 11 is 0. The van der Waals surface area contributed by atoms with E-state index in [-0.39, 0.29) is 0 Å². The zero-order valence-electron chi connectivity index (χ0n) is 12.7. The number of benzene rings is 2. The van der Waals surface area contributed by atoms with Gasteiger partial charge in [0.15, 0.2) is 0 Å². The van der Waals surface area contributed by atoms with Crippen LogP contribution < -0.4 is 10.1 Å². The number of fused-ring (bicyclic) bond motifs is 1. The maximum absolute atomic E-state index is 5.43. The smallest absolute Gasteiger partial charge is 0.123 e. The van der Waals surface area contributed by atoms with Gasteiger partial charge in [0.25, 0.3) is 0 Å². The Morgan fingerprint density at radius 2 is 1.81 bits per heavy atom. The molecule has 3 rings (SSSR count). The summed E-state index contributed by atoms with van der Waals surface area (Å²) in [5.41, 5.74) is 5.38. The fourth-order valence-corrected chi connectivity index (χ4v) is 3.01. The van der Waals surface area contributed by atoms with E-state index in [1.807, 2.05) is 12.1 Å². The van der Waals surface area contributed by atoms with Crippen molar-refractivity contribution < 1.29 is 4.74 Å². The van der Waals surface area contributed by atoms with Crippen molar-refractivity contribution in [3.8, 4) is 5.75 Å². The minimum Gasteiger partial charge on any atom is -0.496 e. The molecule has 3 nitrogen and oxygen atoms in total. The number of anilines is 1. The predicted molar refractivity (Wildman–Crippen MR) is 86.8 cm³/mol. The quantitative estimate of drug-likeness (QED) is 0.910. The van der Waals surface area contributed by atoms with E-state index in [2.05, 4.69) is 47.6 Å². The Morgan fingerprint density at radius 3 is 2.67 bits per heavy atom. The molecule has 1 heterocycles. The third kappa shape index (κ3) is 3.03. The third-order valence-corrected chi connectivity index (χ3v) is 4.01. The van der Waals surface area contributed by atoms with Crippen LogP contribution in [0, 0.1) is 0 Å². The molecule has 110 valence electrons. The Bertz CT molecular complexity index is 624. The van der Waals surface area contributed by atoms with E-state index in [1.54, 1.807) is 7.11 Å². The largest absolute Gasteiger partial charge is 0.496 e. The lowest BCUT2D eigenvalue weighted by atomic mass is 10.1. The van der Waals surface area contributed by atoms with Crippen LogP contribution in [0.5, 0.6) is 5.75 Å². The fourth-order valence-electron chi connectivity index (χ4n) is 3.01. The van der Waals surface area contributed by atoms with Crippen LogP contribution in [-0.2, 0) is 19.5 Å². The van der Waals surface area contributed by atoms with Gasteiger partial charge in [-0.3, -0.25) is 4.90 Å². The highest BCUT2D eigenvalue weighted by molar-refractivity contribution is 5.61. The number of hydrogen-bond donors (Lipinski definition) is 1. The lowest BCUT2D eigenvalue weighted by Crippen LogP contribution is -2.18. The molecule has 21 heavy (non-hydrogen) atoms. The topological polar surface area (TPSA) is 24.5 Å². The van der Waals surface area contributed by atoms with Gasteiger partial charge in [-0.1, -0.05) is 36.4 Å². The molecule has 0 fully saturated rings. The Morgan fingerprint density at radius 1 is 1.05 bits per heavy atom. The van der Waals surface area contributed by atoms with Gasteiger partial charge >= 0.3 is 0 Å². The van der Waals surface area contributed by atoms with E-state index in [4.69, 9.17) is 4.74 Å². The van der Waals surface area contributed by atoms with Gasteiger partial charge in [0.05, 0.1) is 7.11 Å². The van der Waals surface area contributed by atoms with E-state index < -0.39 is 0 Å². The molecule has 0 radical (unpaired) electrons. The van der Waals surface area contributed by atoms with E-state index in [0.29, 0.717) is 0 Å². The number of rotatable bonds is 5. The Labute approximate surface area is 126 Å². The van der Waals surface area contributed by atoms with E-state index in [9.17, 15) is 0 Å². The Kier molecular flexibility index (Phi) is 4.11. The minimum absolute atomic E-state index is 0.883. The molecule has 2 aromatic carbocycles. The van der Waals surface area contributed by atoms with Crippen molar-refractivity contribution in [1.82, 2.24) is 4.90 Å². The first kappa shape index (κ1) is 14.0. The van der Waals surface area contributed by atoms with Gasteiger partial charge in [0, 0.05) is 30.9 Å². The minimum atomic E-state index is 0.883. The molecule has 1 N–H and O–H groups in total. The first-order valence-corrected chi connectivity index (χ1v) is 7.43. The van der Waals surface area contributed by atoms with Crippen LogP contribution in [0.1, 0.15) is 16.7 Å². The van der Waals surface area contributed by atoms with Gasteiger partial charge in [0.2, 0.25) is 0 Å². The molecule has 0 spiro atoms. The van der Waals surface area contributed by atoms with Gasteiger partial charge in [-0.2, -0.15) is 0 Å². The van der Waals surface area contributed by atoms with Gasteiger partial charge in [-0.25, -0.2) is 0 Å². The standard InChI is InChI=1S/C18H22N2O/c1-20(12-15-6-3-4-9-17(15)21-2)13-16-8-5-7-14-10-11-19-18(14)16/h3-9,19H,10-13H2,1-2H3. The maximum atomic E-state index is 5.43. The maximum Gasteiger partial charge on any atom is 0.123 e. The predicted octanol–water partition coefficient (Wildman–Crippen LogP) is 3.30. The molecule has 0 saturated heterocycles. The molecule has 1 aliphatic rings. The first-order chi connectivity index (χ1) is 10.3. The number of para-hydroxylation sites is 2. The first-order valence-electron chi connectivity index (χ1n) is 7.43. The molecule has 0 saturated carbocycles. The van der Waals surface area contributed by atoms with Crippen LogP contribution in [0.15, 0.2) is 42.5 Å². The van der Waals surface area contributed by atoms with Crippen LogP contribution in [0.25, 0.3) is 0 Å². The zero-order chi connectivity index (χ0) is 14.7. The summed E-state index contributed by atoms with van der Waals surface area (Å²) in [4.78, 5) is 2.33. The number of methoxy groups -OCH3 is 1. The Hall–Kier alpha value is -2.00. The molecule has 0 aromatic heterocycles. The second-order valence-corrected chi connectivity index (χ2v) is 5.61. The van der Waals surface area contributed by atoms with Gasteiger partial charge in [-0.15, -0.1) is 0 Å². The summed E-state index contributed by atoms with van der Waals surface area (Å²) in [6.07, 6.45) is 1.14.